The van der Waals surface area contributed by atoms with Gasteiger partial charge in [-0.15, -0.1) is 0 Å². The van der Waals surface area contributed by atoms with Crippen LogP contribution in [0.3, 0.4) is 0 Å². The van der Waals surface area contributed by atoms with Crippen LogP contribution in [-0.4, -0.2) is 14.5 Å². The van der Waals surface area contributed by atoms with Crippen LogP contribution >= 0.6 is 0 Å². The summed E-state index contributed by atoms with van der Waals surface area (Å²) in [7, 11) is -3.41. The number of benzene rings is 1. The lowest BCUT2D eigenvalue weighted by Gasteiger charge is -2.12. The first-order valence-electron chi connectivity index (χ1n) is 6.10. The van der Waals surface area contributed by atoms with Crippen molar-refractivity contribution in [2.45, 2.75) is 43.0 Å². The molecule has 2 rings (SSSR count). The van der Waals surface area contributed by atoms with Crippen LogP contribution in [0.2, 0.25) is 0 Å². The standard InChI is InChI=1S/C13H16N2O2S/c14-10-9-11-5-7-13(8-6-11)18(16,17)15-12-3-1-2-4-12/h5-8,12,15H,1-4,9H2. The van der Waals surface area contributed by atoms with Crippen molar-refractivity contribution >= 4 is 10.0 Å². The van der Waals surface area contributed by atoms with E-state index in [2.05, 4.69) is 4.72 Å². The molecule has 0 heterocycles. The van der Waals surface area contributed by atoms with E-state index < -0.39 is 10.0 Å². The van der Waals surface area contributed by atoms with Crippen LogP contribution in [0.25, 0.3) is 0 Å². The maximum Gasteiger partial charge on any atom is 0.240 e. The first-order valence-corrected chi connectivity index (χ1v) is 7.58. The molecule has 1 fully saturated rings. The van der Waals surface area contributed by atoms with Crippen LogP contribution in [0.4, 0.5) is 0 Å². The van der Waals surface area contributed by atoms with E-state index in [1.54, 1.807) is 24.3 Å². The Morgan fingerprint density at radius 2 is 1.83 bits per heavy atom. The molecule has 0 saturated heterocycles. The minimum atomic E-state index is -3.41. The molecular formula is C13H16N2O2S. The number of hydrogen-bond donors (Lipinski definition) is 1. The molecule has 0 unspecified atom stereocenters. The Morgan fingerprint density at radius 3 is 2.39 bits per heavy atom. The molecule has 1 N–H and O–H groups in total. The second-order valence-electron chi connectivity index (χ2n) is 4.58. The lowest BCUT2D eigenvalue weighted by atomic mass is 10.2. The normalized spacial score (nSPS) is 16.6. The lowest BCUT2D eigenvalue weighted by molar-refractivity contribution is 0.552. The molecule has 1 aliphatic carbocycles. The molecule has 0 amide bonds. The fourth-order valence-electron chi connectivity index (χ4n) is 2.21. The van der Waals surface area contributed by atoms with Crippen LogP contribution < -0.4 is 4.72 Å². The first-order chi connectivity index (χ1) is 8.62. The van der Waals surface area contributed by atoms with E-state index in [9.17, 15) is 8.42 Å². The zero-order chi connectivity index (χ0) is 13.0. The molecule has 4 nitrogen and oxygen atoms in total. The Bertz CT molecular complexity index is 537. The highest BCUT2D eigenvalue weighted by molar-refractivity contribution is 7.89. The minimum absolute atomic E-state index is 0.0776. The van der Waals surface area contributed by atoms with E-state index in [1.807, 2.05) is 6.07 Å². The Labute approximate surface area is 108 Å². The molecule has 1 saturated carbocycles. The zero-order valence-corrected chi connectivity index (χ0v) is 10.9. The molecule has 18 heavy (non-hydrogen) atoms. The van der Waals surface area contributed by atoms with Crippen molar-refractivity contribution in [1.82, 2.24) is 4.72 Å². The maximum atomic E-state index is 12.1. The van der Waals surface area contributed by atoms with E-state index in [1.165, 1.54) is 0 Å². The fraction of sp³-hybridized carbons (Fsp3) is 0.462. The topological polar surface area (TPSA) is 70.0 Å². The molecule has 0 aromatic heterocycles. The average molecular weight is 264 g/mol. The smallest absolute Gasteiger partial charge is 0.208 e. The highest BCUT2D eigenvalue weighted by atomic mass is 32.2. The van der Waals surface area contributed by atoms with E-state index in [0.29, 0.717) is 6.42 Å². The number of rotatable bonds is 4. The quantitative estimate of drug-likeness (QED) is 0.904. The molecule has 0 aliphatic heterocycles. The summed E-state index contributed by atoms with van der Waals surface area (Å²) < 4.78 is 26.9. The minimum Gasteiger partial charge on any atom is -0.208 e. The third kappa shape index (κ3) is 3.09. The third-order valence-electron chi connectivity index (χ3n) is 3.19. The number of hydrogen-bond acceptors (Lipinski definition) is 3. The van der Waals surface area contributed by atoms with Gasteiger partial charge in [0.2, 0.25) is 10.0 Å². The zero-order valence-electron chi connectivity index (χ0n) is 10.1. The van der Waals surface area contributed by atoms with Gasteiger partial charge in [0.15, 0.2) is 0 Å². The molecule has 0 radical (unpaired) electrons. The second kappa shape index (κ2) is 5.51. The first kappa shape index (κ1) is 13.1. The molecule has 0 atom stereocenters. The van der Waals surface area contributed by atoms with Gasteiger partial charge in [0.1, 0.15) is 0 Å². The Balaban J connectivity index is 2.11. The third-order valence-corrected chi connectivity index (χ3v) is 4.73. The van der Waals surface area contributed by atoms with Crippen LogP contribution in [0, 0.1) is 11.3 Å². The van der Waals surface area contributed by atoms with E-state index in [-0.39, 0.29) is 10.9 Å². The summed E-state index contributed by atoms with van der Waals surface area (Å²) in [6, 6.07) is 8.61. The van der Waals surface area contributed by atoms with Crippen molar-refractivity contribution in [3.63, 3.8) is 0 Å². The molecule has 0 spiro atoms. The van der Waals surface area contributed by atoms with Crippen LogP contribution in [0.5, 0.6) is 0 Å². The van der Waals surface area contributed by atoms with Gasteiger partial charge < -0.3 is 0 Å². The van der Waals surface area contributed by atoms with Gasteiger partial charge in [-0.3, -0.25) is 0 Å². The SMILES string of the molecule is N#CCc1ccc(S(=O)(=O)NC2CCCC2)cc1. The van der Waals surface area contributed by atoms with Crippen LogP contribution in [0.1, 0.15) is 31.2 Å². The monoisotopic (exact) mass is 264 g/mol. The molecule has 0 bridgehead atoms. The summed E-state index contributed by atoms with van der Waals surface area (Å²) in [6.45, 7) is 0. The van der Waals surface area contributed by atoms with Crippen molar-refractivity contribution in [1.29, 1.82) is 5.26 Å². The molecule has 1 aromatic carbocycles. The number of nitrogens with one attached hydrogen (secondary N) is 1. The largest absolute Gasteiger partial charge is 0.240 e. The van der Waals surface area contributed by atoms with Crippen LogP contribution in [-0.2, 0) is 16.4 Å². The van der Waals surface area contributed by atoms with E-state index >= 15 is 0 Å². The van der Waals surface area contributed by atoms with Crippen molar-refractivity contribution in [3.05, 3.63) is 29.8 Å². The molecule has 1 aliphatic rings. The summed E-state index contributed by atoms with van der Waals surface area (Å²) in [5.74, 6) is 0. The van der Waals surface area contributed by atoms with Crippen molar-refractivity contribution < 1.29 is 8.42 Å². The predicted octanol–water partition coefficient (Wildman–Crippen LogP) is 1.97. The Kier molecular flexibility index (Phi) is 4.00. The van der Waals surface area contributed by atoms with Gasteiger partial charge >= 0.3 is 0 Å². The molecule has 1 aromatic rings. The fourth-order valence-corrected chi connectivity index (χ4v) is 3.51. The van der Waals surface area contributed by atoms with Crippen molar-refractivity contribution in [2.24, 2.45) is 0 Å². The highest BCUT2D eigenvalue weighted by Gasteiger charge is 2.22. The summed E-state index contributed by atoms with van der Waals surface area (Å²) in [4.78, 5) is 0.274. The predicted molar refractivity (Wildman–Crippen MR) is 68.3 cm³/mol. The highest BCUT2D eigenvalue weighted by Crippen LogP contribution is 2.20. The van der Waals surface area contributed by atoms with Gasteiger partial charge in [-0.1, -0.05) is 25.0 Å². The van der Waals surface area contributed by atoms with Gasteiger partial charge in [-0.2, -0.15) is 5.26 Å². The second-order valence-corrected chi connectivity index (χ2v) is 6.30. The number of sulfonamides is 1. The number of nitrogens with zero attached hydrogens (tertiary/aromatic N) is 1. The van der Waals surface area contributed by atoms with Gasteiger partial charge in [0.05, 0.1) is 17.4 Å². The number of nitriles is 1. The maximum absolute atomic E-state index is 12.1. The van der Waals surface area contributed by atoms with Gasteiger partial charge in [0, 0.05) is 6.04 Å². The molecule has 5 heteroatoms. The van der Waals surface area contributed by atoms with Gasteiger partial charge in [-0.25, -0.2) is 13.1 Å². The molecule has 96 valence electrons. The van der Waals surface area contributed by atoms with Crippen molar-refractivity contribution in [3.8, 4) is 6.07 Å². The summed E-state index contributed by atoms with van der Waals surface area (Å²) in [6.07, 6.45) is 4.33. The van der Waals surface area contributed by atoms with Gasteiger partial charge in [-0.05, 0) is 30.5 Å². The Hall–Kier alpha value is -1.38. The van der Waals surface area contributed by atoms with Crippen molar-refractivity contribution in [2.75, 3.05) is 0 Å². The average Bonchev–Trinajstić information content (AvgIpc) is 2.82. The molecular weight excluding hydrogens is 248 g/mol. The lowest BCUT2D eigenvalue weighted by Crippen LogP contribution is -2.32. The Morgan fingerprint density at radius 1 is 1.22 bits per heavy atom. The summed E-state index contributed by atoms with van der Waals surface area (Å²) in [5, 5.41) is 8.56. The van der Waals surface area contributed by atoms with Crippen LogP contribution in [0.15, 0.2) is 29.2 Å². The summed E-state index contributed by atoms with van der Waals surface area (Å²) in [5.41, 5.74) is 0.831. The van der Waals surface area contributed by atoms with Gasteiger partial charge in [0.25, 0.3) is 0 Å². The van der Waals surface area contributed by atoms with E-state index in [4.69, 9.17) is 5.26 Å². The van der Waals surface area contributed by atoms with E-state index in [0.717, 1.165) is 31.2 Å². The summed E-state index contributed by atoms with van der Waals surface area (Å²) >= 11 is 0.